The molecular formula is C22H30N4O. The average molecular weight is 367 g/mol. The molecule has 5 heteroatoms. The van der Waals surface area contributed by atoms with Gasteiger partial charge in [-0.2, -0.15) is 0 Å². The standard InChI is InChI=1S/C22H30N4O/c1-25(2)17-18-8-10-19(11-9-18)22(27)24-16-21(20-7-6-12-23-15-20)26-13-4-3-5-14-26/h6-12,15,21H,3-5,13-14,16-17H2,1-2H3,(H,24,27)/t21-/m0/s1. The second kappa shape index (κ2) is 9.62. The Balaban J connectivity index is 1.64. The molecule has 3 rings (SSSR count). The first-order valence-electron chi connectivity index (χ1n) is 9.79. The van der Waals surface area contributed by atoms with Gasteiger partial charge in [-0.3, -0.25) is 14.7 Å². The van der Waals surface area contributed by atoms with E-state index in [0.29, 0.717) is 12.1 Å². The number of nitrogens with zero attached hydrogens (tertiary/aromatic N) is 3. The molecule has 0 radical (unpaired) electrons. The van der Waals surface area contributed by atoms with Gasteiger partial charge in [0.15, 0.2) is 0 Å². The average Bonchev–Trinajstić information content (AvgIpc) is 2.70. The number of carbonyl (C=O) groups excluding carboxylic acids is 1. The largest absolute Gasteiger partial charge is 0.350 e. The Morgan fingerprint density at radius 2 is 1.89 bits per heavy atom. The maximum atomic E-state index is 12.6. The molecule has 0 aliphatic carbocycles. The molecule has 0 spiro atoms. The molecule has 2 aromatic rings. The predicted octanol–water partition coefficient (Wildman–Crippen LogP) is 3.10. The normalized spacial score (nSPS) is 16.3. The lowest BCUT2D eigenvalue weighted by molar-refractivity contribution is 0.0924. The third-order valence-electron chi connectivity index (χ3n) is 5.07. The van der Waals surface area contributed by atoms with Gasteiger partial charge in [-0.25, -0.2) is 0 Å². The zero-order valence-corrected chi connectivity index (χ0v) is 16.4. The number of amides is 1. The quantitative estimate of drug-likeness (QED) is 0.818. The van der Waals surface area contributed by atoms with E-state index in [4.69, 9.17) is 0 Å². The van der Waals surface area contributed by atoms with Crippen molar-refractivity contribution < 1.29 is 4.79 Å². The Morgan fingerprint density at radius 3 is 2.52 bits per heavy atom. The predicted molar refractivity (Wildman–Crippen MR) is 109 cm³/mol. The van der Waals surface area contributed by atoms with Gasteiger partial charge in [0.05, 0.1) is 6.04 Å². The summed E-state index contributed by atoms with van der Waals surface area (Å²) in [7, 11) is 4.08. The maximum Gasteiger partial charge on any atom is 0.251 e. The molecule has 1 amide bonds. The van der Waals surface area contributed by atoms with E-state index < -0.39 is 0 Å². The summed E-state index contributed by atoms with van der Waals surface area (Å²) in [5.41, 5.74) is 3.08. The van der Waals surface area contributed by atoms with Gasteiger partial charge in [-0.15, -0.1) is 0 Å². The lowest BCUT2D eigenvalue weighted by atomic mass is 10.0. The molecule has 1 aliphatic rings. The van der Waals surface area contributed by atoms with E-state index in [0.717, 1.165) is 19.6 Å². The highest BCUT2D eigenvalue weighted by Gasteiger charge is 2.23. The van der Waals surface area contributed by atoms with Crippen LogP contribution in [0.1, 0.15) is 46.8 Å². The minimum atomic E-state index is -0.0164. The zero-order chi connectivity index (χ0) is 19.1. The highest BCUT2D eigenvalue weighted by Crippen LogP contribution is 2.23. The van der Waals surface area contributed by atoms with Crippen LogP contribution in [0.3, 0.4) is 0 Å². The van der Waals surface area contributed by atoms with E-state index in [-0.39, 0.29) is 11.9 Å². The summed E-state index contributed by atoms with van der Waals surface area (Å²) in [5, 5.41) is 3.14. The lowest BCUT2D eigenvalue weighted by Crippen LogP contribution is -2.40. The molecule has 144 valence electrons. The zero-order valence-electron chi connectivity index (χ0n) is 16.4. The third kappa shape index (κ3) is 5.62. The summed E-state index contributed by atoms with van der Waals surface area (Å²) in [4.78, 5) is 21.5. The molecule has 0 unspecified atom stereocenters. The van der Waals surface area contributed by atoms with Crippen LogP contribution in [-0.4, -0.2) is 54.4 Å². The van der Waals surface area contributed by atoms with Gasteiger partial charge < -0.3 is 10.2 Å². The summed E-state index contributed by atoms with van der Waals surface area (Å²) in [5.74, 6) is -0.0164. The van der Waals surface area contributed by atoms with Crippen LogP contribution in [0.25, 0.3) is 0 Å². The van der Waals surface area contributed by atoms with Crippen LogP contribution in [0.15, 0.2) is 48.8 Å². The number of rotatable bonds is 7. The van der Waals surface area contributed by atoms with E-state index >= 15 is 0 Å². The van der Waals surface area contributed by atoms with Gasteiger partial charge in [-0.05, 0) is 69.4 Å². The number of hydrogen-bond donors (Lipinski definition) is 1. The summed E-state index contributed by atoms with van der Waals surface area (Å²) in [6.07, 6.45) is 7.45. The fourth-order valence-electron chi connectivity index (χ4n) is 3.68. The Morgan fingerprint density at radius 1 is 1.15 bits per heavy atom. The molecule has 1 atom stereocenters. The van der Waals surface area contributed by atoms with Gasteiger partial charge in [0.1, 0.15) is 0 Å². The summed E-state index contributed by atoms with van der Waals surface area (Å²) in [6.45, 7) is 3.63. The molecule has 27 heavy (non-hydrogen) atoms. The number of piperidine rings is 1. The van der Waals surface area contributed by atoms with E-state index in [2.05, 4.69) is 26.2 Å². The number of aromatic nitrogens is 1. The molecule has 1 fully saturated rings. The number of nitrogens with one attached hydrogen (secondary N) is 1. The van der Waals surface area contributed by atoms with E-state index in [9.17, 15) is 4.79 Å². The summed E-state index contributed by atoms with van der Waals surface area (Å²) >= 11 is 0. The first-order chi connectivity index (χ1) is 13.1. The minimum Gasteiger partial charge on any atom is -0.350 e. The van der Waals surface area contributed by atoms with Crippen molar-refractivity contribution in [2.75, 3.05) is 33.7 Å². The van der Waals surface area contributed by atoms with Crippen LogP contribution in [0.4, 0.5) is 0 Å². The van der Waals surface area contributed by atoms with Gasteiger partial charge in [0, 0.05) is 31.0 Å². The number of hydrogen-bond acceptors (Lipinski definition) is 4. The van der Waals surface area contributed by atoms with Crippen molar-refractivity contribution in [2.45, 2.75) is 31.8 Å². The highest BCUT2D eigenvalue weighted by atomic mass is 16.1. The number of pyridine rings is 1. The topological polar surface area (TPSA) is 48.5 Å². The first-order valence-corrected chi connectivity index (χ1v) is 9.79. The van der Waals surface area contributed by atoms with Crippen LogP contribution in [0.2, 0.25) is 0 Å². The Bertz CT molecular complexity index is 709. The SMILES string of the molecule is CN(C)Cc1ccc(C(=O)NC[C@@H](c2cccnc2)N2CCCCC2)cc1. The fourth-order valence-corrected chi connectivity index (χ4v) is 3.68. The molecule has 1 saturated heterocycles. The molecular weight excluding hydrogens is 336 g/mol. The number of likely N-dealkylation sites (tertiary alicyclic amines) is 1. The molecule has 1 aromatic heterocycles. The highest BCUT2D eigenvalue weighted by molar-refractivity contribution is 5.94. The fraction of sp³-hybridized carbons (Fsp3) is 0.455. The molecule has 0 saturated carbocycles. The summed E-state index contributed by atoms with van der Waals surface area (Å²) < 4.78 is 0. The maximum absolute atomic E-state index is 12.6. The number of carbonyl (C=O) groups is 1. The Hall–Kier alpha value is -2.24. The van der Waals surface area contributed by atoms with Gasteiger partial charge in [-0.1, -0.05) is 24.6 Å². The van der Waals surface area contributed by atoms with Crippen molar-refractivity contribution in [1.29, 1.82) is 0 Å². The van der Waals surface area contributed by atoms with Crippen LogP contribution >= 0.6 is 0 Å². The van der Waals surface area contributed by atoms with E-state index in [1.54, 1.807) is 6.20 Å². The van der Waals surface area contributed by atoms with E-state index in [1.807, 2.05) is 50.6 Å². The molecule has 1 N–H and O–H groups in total. The van der Waals surface area contributed by atoms with Crippen molar-refractivity contribution in [3.8, 4) is 0 Å². The second-order valence-corrected chi connectivity index (χ2v) is 7.54. The van der Waals surface area contributed by atoms with Crippen molar-refractivity contribution in [3.05, 3.63) is 65.5 Å². The third-order valence-corrected chi connectivity index (χ3v) is 5.07. The molecule has 1 aromatic carbocycles. The molecule has 1 aliphatic heterocycles. The van der Waals surface area contributed by atoms with Crippen LogP contribution in [-0.2, 0) is 6.54 Å². The second-order valence-electron chi connectivity index (χ2n) is 7.54. The van der Waals surface area contributed by atoms with Crippen molar-refractivity contribution >= 4 is 5.91 Å². The molecule has 0 bridgehead atoms. The van der Waals surface area contributed by atoms with Gasteiger partial charge >= 0.3 is 0 Å². The van der Waals surface area contributed by atoms with Gasteiger partial charge in [0.2, 0.25) is 0 Å². The first kappa shape index (κ1) is 19.5. The van der Waals surface area contributed by atoms with Crippen molar-refractivity contribution in [2.24, 2.45) is 0 Å². The molecule has 2 heterocycles. The molecule has 5 nitrogen and oxygen atoms in total. The lowest BCUT2D eigenvalue weighted by Gasteiger charge is -2.34. The smallest absolute Gasteiger partial charge is 0.251 e. The number of benzene rings is 1. The van der Waals surface area contributed by atoms with Crippen LogP contribution in [0, 0.1) is 0 Å². The Kier molecular flexibility index (Phi) is 6.96. The minimum absolute atomic E-state index is 0.0164. The van der Waals surface area contributed by atoms with Crippen LogP contribution < -0.4 is 5.32 Å². The van der Waals surface area contributed by atoms with Crippen molar-refractivity contribution in [1.82, 2.24) is 20.1 Å². The van der Waals surface area contributed by atoms with Gasteiger partial charge in [0.25, 0.3) is 5.91 Å². The van der Waals surface area contributed by atoms with Crippen LogP contribution in [0.5, 0.6) is 0 Å². The Labute approximate surface area is 162 Å². The van der Waals surface area contributed by atoms with Crippen molar-refractivity contribution in [3.63, 3.8) is 0 Å². The van der Waals surface area contributed by atoms with E-state index in [1.165, 1.54) is 30.4 Å². The monoisotopic (exact) mass is 366 g/mol. The summed E-state index contributed by atoms with van der Waals surface area (Å²) in [6, 6.07) is 12.1.